The first-order valence-corrected chi connectivity index (χ1v) is 7.36. The Hall–Kier alpha value is -0.120. The van der Waals surface area contributed by atoms with E-state index < -0.39 is 0 Å². The van der Waals surface area contributed by atoms with Gasteiger partial charge in [-0.2, -0.15) is 0 Å². The maximum Gasteiger partial charge on any atom is 0.0218 e. The van der Waals surface area contributed by atoms with Gasteiger partial charge in [0.1, 0.15) is 0 Å². The molecule has 2 unspecified atom stereocenters. The lowest BCUT2D eigenvalue weighted by Crippen LogP contribution is -2.52. The van der Waals surface area contributed by atoms with E-state index >= 15 is 0 Å². The van der Waals surface area contributed by atoms with Gasteiger partial charge in [-0.05, 0) is 39.2 Å². The fourth-order valence-electron chi connectivity index (χ4n) is 2.87. The zero-order valence-corrected chi connectivity index (χ0v) is 11.8. The average molecular weight is 239 g/mol. The monoisotopic (exact) mass is 239 g/mol. The largest absolute Gasteiger partial charge is 0.313 e. The van der Waals surface area contributed by atoms with Crippen LogP contribution in [0.25, 0.3) is 0 Å². The highest BCUT2D eigenvalue weighted by molar-refractivity contribution is 4.84. The van der Waals surface area contributed by atoms with Gasteiger partial charge in [0, 0.05) is 44.8 Å². The van der Waals surface area contributed by atoms with Crippen molar-refractivity contribution in [3.05, 3.63) is 0 Å². The first-order valence-electron chi connectivity index (χ1n) is 7.36. The maximum absolute atomic E-state index is 3.68. The molecule has 0 aromatic heterocycles. The van der Waals surface area contributed by atoms with Gasteiger partial charge in [0.25, 0.3) is 0 Å². The molecule has 2 atom stereocenters. The summed E-state index contributed by atoms with van der Waals surface area (Å²) in [6, 6.07) is 1.51. The molecule has 3 heteroatoms. The van der Waals surface area contributed by atoms with Gasteiger partial charge >= 0.3 is 0 Å². The standard InChI is InChI=1S/C14H29N3/c1-4-14-11-17(10-9-16(14)3)8-7-15-12(2)13-5-6-13/h12-15H,4-11H2,1-3H3. The van der Waals surface area contributed by atoms with Crippen molar-refractivity contribution in [3.8, 4) is 0 Å². The molecule has 1 saturated heterocycles. The van der Waals surface area contributed by atoms with Gasteiger partial charge in [-0.25, -0.2) is 0 Å². The quantitative estimate of drug-likeness (QED) is 0.756. The molecule has 0 spiro atoms. The van der Waals surface area contributed by atoms with Gasteiger partial charge in [-0.3, -0.25) is 4.90 Å². The van der Waals surface area contributed by atoms with Crippen LogP contribution in [0.2, 0.25) is 0 Å². The Morgan fingerprint density at radius 1 is 1.29 bits per heavy atom. The van der Waals surface area contributed by atoms with Crippen LogP contribution >= 0.6 is 0 Å². The molecule has 0 aromatic carbocycles. The van der Waals surface area contributed by atoms with E-state index in [2.05, 4.69) is 36.0 Å². The summed E-state index contributed by atoms with van der Waals surface area (Å²) in [5.41, 5.74) is 0. The summed E-state index contributed by atoms with van der Waals surface area (Å²) < 4.78 is 0. The van der Waals surface area contributed by atoms with Crippen LogP contribution < -0.4 is 5.32 Å². The Labute approximate surface area is 107 Å². The summed E-state index contributed by atoms with van der Waals surface area (Å²) in [5.74, 6) is 0.978. The first kappa shape index (κ1) is 13.3. The van der Waals surface area contributed by atoms with E-state index in [1.54, 1.807) is 0 Å². The Kier molecular flexibility index (Phi) is 4.83. The third kappa shape index (κ3) is 3.94. The molecule has 2 rings (SSSR count). The molecule has 1 aliphatic heterocycles. The van der Waals surface area contributed by atoms with Crippen LogP contribution in [0.3, 0.4) is 0 Å². The van der Waals surface area contributed by atoms with Crippen molar-refractivity contribution in [2.45, 2.75) is 45.2 Å². The predicted molar refractivity (Wildman–Crippen MR) is 73.3 cm³/mol. The van der Waals surface area contributed by atoms with E-state index in [-0.39, 0.29) is 0 Å². The lowest BCUT2D eigenvalue weighted by molar-refractivity contribution is 0.0933. The fraction of sp³-hybridized carbons (Fsp3) is 1.00. The number of piperazine rings is 1. The molecule has 100 valence electrons. The van der Waals surface area contributed by atoms with E-state index in [0.29, 0.717) is 0 Å². The topological polar surface area (TPSA) is 18.5 Å². The highest BCUT2D eigenvalue weighted by Crippen LogP contribution is 2.32. The van der Waals surface area contributed by atoms with Crippen molar-refractivity contribution in [3.63, 3.8) is 0 Å². The maximum atomic E-state index is 3.68. The SMILES string of the molecule is CCC1CN(CCNC(C)C2CC2)CCN1C. The van der Waals surface area contributed by atoms with Crippen LogP contribution in [0.1, 0.15) is 33.1 Å². The average Bonchev–Trinajstić information content (AvgIpc) is 3.15. The molecule has 0 bridgehead atoms. The van der Waals surface area contributed by atoms with Crippen molar-refractivity contribution in [2.75, 3.05) is 39.8 Å². The molecule has 0 aromatic rings. The Balaban J connectivity index is 1.61. The number of nitrogens with one attached hydrogen (secondary N) is 1. The summed E-state index contributed by atoms with van der Waals surface area (Å²) in [6.45, 7) is 10.8. The highest BCUT2D eigenvalue weighted by atomic mass is 15.3. The van der Waals surface area contributed by atoms with Gasteiger partial charge < -0.3 is 10.2 Å². The third-order valence-electron chi connectivity index (χ3n) is 4.56. The second kappa shape index (κ2) is 6.17. The number of likely N-dealkylation sites (N-methyl/N-ethyl adjacent to an activating group) is 1. The van der Waals surface area contributed by atoms with Crippen LogP contribution in [0.4, 0.5) is 0 Å². The molecular weight excluding hydrogens is 210 g/mol. The summed E-state index contributed by atoms with van der Waals surface area (Å²) in [5, 5.41) is 3.68. The zero-order chi connectivity index (χ0) is 12.3. The lowest BCUT2D eigenvalue weighted by atomic mass is 10.1. The summed E-state index contributed by atoms with van der Waals surface area (Å²) in [7, 11) is 2.26. The minimum Gasteiger partial charge on any atom is -0.313 e. The van der Waals surface area contributed by atoms with Crippen LogP contribution in [0.5, 0.6) is 0 Å². The molecule has 1 heterocycles. The molecule has 0 radical (unpaired) electrons. The van der Waals surface area contributed by atoms with Crippen LogP contribution in [0.15, 0.2) is 0 Å². The van der Waals surface area contributed by atoms with Gasteiger partial charge in [-0.1, -0.05) is 6.92 Å². The summed E-state index contributed by atoms with van der Waals surface area (Å²) in [4.78, 5) is 5.14. The van der Waals surface area contributed by atoms with Gasteiger partial charge in [-0.15, -0.1) is 0 Å². The van der Waals surface area contributed by atoms with Crippen molar-refractivity contribution in [1.29, 1.82) is 0 Å². The minimum atomic E-state index is 0.740. The molecule has 1 saturated carbocycles. The minimum absolute atomic E-state index is 0.740. The molecule has 3 nitrogen and oxygen atoms in total. The van der Waals surface area contributed by atoms with E-state index in [9.17, 15) is 0 Å². The van der Waals surface area contributed by atoms with Crippen LogP contribution in [0, 0.1) is 5.92 Å². The number of hydrogen-bond acceptors (Lipinski definition) is 3. The Morgan fingerprint density at radius 2 is 2.06 bits per heavy atom. The van der Waals surface area contributed by atoms with E-state index in [4.69, 9.17) is 0 Å². The van der Waals surface area contributed by atoms with E-state index in [0.717, 1.165) is 24.5 Å². The number of hydrogen-bond donors (Lipinski definition) is 1. The Morgan fingerprint density at radius 3 is 2.71 bits per heavy atom. The summed E-state index contributed by atoms with van der Waals surface area (Å²) >= 11 is 0. The molecule has 17 heavy (non-hydrogen) atoms. The van der Waals surface area contributed by atoms with Gasteiger partial charge in [0.2, 0.25) is 0 Å². The van der Waals surface area contributed by atoms with E-state index in [1.165, 1.54) is 45.4 Å². The van der Waals surface area contributed by atoms with Crippen LogP contribution in [-0.2, 0) is 0 Å². The molecule has 0 amide bonds. The highest BCUT2D eigenvalue weighted by Gasteiger charge is 2.27. The molecule has 1 aliphatic carbocycles. The summed E-state index contributed by atoms with van der Waals surface area (Å²) in [6.07, 6.45) is 4.17. The first-order chi connectivity index (χ1) is 8.20. The molecule has 1 N–H and O–H groups in total. The molecular formula is C14H29N3. The van der Waals surface area contributed by atoms with Crippen LogP contribution in [-0.4, -0.2) is 61.7 Å². The second-order valence-electron chi connectivity index (χ2n) is 5.92. The fourth-order valence-corrected chi connectivity index (χ4v) is 2.87. The van der Waals surface area contributed by atoms with Crippen molar-refractivity contribution < 1.29 is 0 Å². The Bertz CT molecular complexity index is 228. The lowest BCUT2D eigenvalue weighted by Gasteiger charge is -2.39. The molecule has 2 fully saturated rings. The normalized spacial score (nSPS) is 29.5. The van der Waals surface area contributed by atoms with Crippen molar-refractivity contribution in [2.24, 2.45) is 5.92 Å². The van der Waals surface area contributed by atoms with Crippen molar-refractivity contribution in [1.82, 2.24) is 15.1 Å². The van der Waals surface area contributed by atoms with Gasteiger partial charge in [0.05, 0.1) is 0 Å². The predicted octanol–water partition coefficient (Wildman–Crippen LogP) is 1.40. The third-order valence-corrected chi connectivity index (χ3v) is 4.56. The number of nitrogens with zero attached hydrogens (tertiary/aromatic N) is 2. The second-order valence-corrected chi connectivity index (χ2v) is 5.92. The molecule has 2 aliphatic rings. The smallest absolute Gasteiger partial charge is 0.0218 e. The van der Waals surface area contributed by atoms with Gasteiger partial charge in [0.15, 0.2) is 0 Å². The van der Waals surface area contributed by atoms with E-state index in [1.807, 2.05) is 0 Å². The number of rotatable bonds is 6. The van der Waals surface area contributed by atoms with Crippen molar-refractivity contribution >= 4 is 0 Å². The zero-order valence-electron chi connectivity index (χ0n) is 11.8.